The van der Waals surface area contributed by atoms with Crippen LogP contribution in [0.15, 0.2) is 59.5 Å². The molecule has 1 aromatic carbocycles. The summed E-state index contributed by atoms with van der Waals surface area (Å²) < 4.78 is 32.0. The summed E-state index contributed by atoms with van der Waals surface area (Å²) in [6.07, 6.45) is 1.95. The Bertz CT molecular complexity index is 1020. The molecule has 1 heterocycles. The number of aliphatic hydroxyl groups is 1. The highest BCUT2D eigenvalue weighted by atomic mass is 19.3. The number of allylic oxidation sites excluding steroid dienone is 4. The van der Waals surface area contributed by atoms with E-state index in [1.807, 2.05) is 0 Å². The third-order valence-electron chi connectivity index (χ3n) is 5.32. The number of benzene rings is 1. The van der Waals surface area contributed by atoms with Gasteiger partial charge < -0.3 is 31.2 Å². The average molecular weight is 446 g/mol. The van der Waals surface area contributed by atoms with Crippen molar-refractivity contribution in [3.05, 3.63) is 70.6 Å². The molecule has 1 aromatic rings. The van der Waals surface area contributed by atoms with Crippen LogP contribution in [-0.2, 0) is 20.9 Å². The molecule has 1 atom stereocenters. The molecule has 2 amide bonds. The first-order chi connectivity index (χ1) is 15.3. The van der Waals surface area contributed by atoms with E-state index in [1.165, 1.54) is 37.4 Å². The van der Waals surface area contributed by atoms with Gasteiger partial charge in [-0.2, -0.15) is 0 Å². The Labute approximate surface area is 183 Å². The topological polar surface area (TPSA) is 124 Å². The first-order valence-electron chi connectivity index (χ1n) is 9.92. The number of halogens is 2. The van der Waals surface area contributed by atoms with Gasteiger partial charge in [0, 0.05) is 24.7 Å². The van der Waals surface area contributed by atoms with Crippen molar-refractivity contribution in [2.75, 3.05) is 20.2 Å². The van der Waals surface area contributed by atoms with Crippen LogP contribution in [0.5, 0.6) is 0 Å². The smallest absolute Gasteiger partial charge is 0.268 e. The average Bonchev–Trinajstić information content (AvgIpc) is 3.14. The van der Waals surface area contributed by atoms with Crippen LogP contribution in [0.2, 0.25) is 0 Å². The molecule has 1 unspecified atom stereocenters. The van der Waals surface area contributed by atoms with Crippen LogP contribution in [0.25, 0.3) is 0 Å². The fraction of sp³-hybridized carbons (Fsp3) is 0.318. The normalized spacial score (nSPS) is 21.8. The summed E-state index contributed by atoms with van der Waals surface area (Å²) in [5.74, 6) is -0.881. The van der Waals surface area contributed by atoms with Gasteiger partial charge in [-0.15, -0.1) is 0 Å². The number of aliphatic hydroxyl groups excluding tert-OH is 1. The van der Waals surface area contributed by atoms with E-state index < -0.39 is 30.4 Å². The highest BCUT2D eigenvalue weighted by Crippen LogP contribution is 2.25. The van der Waals surface area contributed by atoms with E-state index in [1.54, 1.807) is 12.1 Å². The third kappa shape index (κ3) is 4.70. The van der Waals surface area contributed by atoms with Crippen LogP contribution < -0.4 is 16.0 Å². The van der Waals surface area contributed by atoms with Crippen LogP contribution in [0.1, 0.15) is 24.0 Å². The lowest BCUT2D eigenvalue weighted by Crippen LogP contribution is -2.57. The molecule has 0 aromatic heterocycles. The lowest BCUT2D eigenvalue weighted by molar-refractivity contribution is -0.131. The maximum Gasteiger partial charge on any atom is 0.268 e. The van der Waals surface area contributed by atoms with Crippen molar-refractivity contribution in [1.82, 2.24) is 16.0 Å². The first-order valence-corrected chi connectivity index (χ1v) is 9.92. The molecule has 8 nitrogen and oxygen atoms in total. The number of hydrogen-bond donors (Lipinski definition) is 5. The predicted molar refractivity (Wildman–Crippen MR) is 113 cm³/mol. The first kappa shape index (κ1) is 23.1. The van der Waals surface area contributed by atoms with Gasteiger partial charge in [0.1, 0.15) is 23.6 Å². The molecule has 170 valence electrons. The van der Waals surface area contributed by atoms with Gasteiger partial charge in [0.2, 0.25) is 5.91 Å². The maximum absolute atomic E-state index is 13.2. The number of amides is 2. The summed E-state index contributed by atoms with van der Waals surface area (Å²) in [5, 5.41) is 25.7. The lowest BCUT2D eigenvalue weighted by Gasteiger charge is -2.26. The zero-order valence-corrected chi connectivity index (χ0v) is 17.4. The van der Waals surface area contributed by atoms with E-state index in [2.05, 4.69) is 16.0 Å². The Balaban J connectivity index is 1.83. The van der Waals surface area contributed by atoms with Crippen molar-refractivity contribution in [3.63, 3.8) is 0 Å². The zero-order valence-electron chi connectivity index (χ0n) is 17.4. The number of likely N-dealkylation sites (N-methyl/N-ethyl adjacent to an activating group) is 1. The van der Waals surface area contributed by atoms with Gasteiger partial charge in [0.25, 0.3) is 12.3 Å². The molecule has 5 N–H and O–H groups in total. The van der Waals surface area contributed by atoms with Crippen LogP contribution in [-0.4, -0.2) is 48.4 Å². The number of ether oxygens (including phenoxy) is 1. The molecular formula is C22H24F2N4O4. The highest BCUT2D eigenvalue weighted by molar-refractivity contribution is 6.15. The molecule has 0 bridgehead atoms. The van der Waals surface area contributed by atoms with Gasteiger partial charge >= 0.3 is 0 Å². The Morgan fingerprint density at radius 1 is 1.34 bits per heavy atom. The summed E-state index contributed by atoms with van der Waals surface area (Å²) >= 11 is 0. The van der Waals surface area contributed by atoms with Crippen molar-refractivity contribution in [2.24, 2.45) is 0 Å². The standard InChI is InChI=1S/C22H24F2N4O4/c1-26-18(20(30)28-22(12-29)8-9-27-21(22)31)16-10-14(6-7-17(16)25)32-11-13-4-2-3-5-15(13)19(23)24/h2-7,10,19,25-26,29H,8-9,11-12H2,1H3,(H,27,31)(H,28,30)/b18-16-,25-17?. The largest absolute Gasteiger partial charge is 0.489 e. The molecule has 3 rings (SSSR count). The second-order valence-corrected chi connectivity index (χ2v) is 7.32. The lowest BCUT2D eigenvalue weighted by atomic mass is 9.97. The van der Waals surface area contributed by atoms with E-state index in [0.717, 1.165) is 0 Å². The van der Waals surface area contributed by atoms with E-state index in [0.29, 0.717) is 12.1 Å². The van der Waals surface area contributed by atoms with Crippen LogP contribution in [0.4, 0.5) is 8.78 Å². The second kappa shape index (κ2) is 9.73. The van der Waals surface area contributed by atoms with Crippen molar-refractivity contribution in [2.45, 2.75) is 25.0 Å². The molecule has 10 heteroatoms. The Morgan fingerprint density at radius 2 is 2.09 bits per heavy atom. The minimum Gasteiger partial charge on any atom is -0.489 e. The van der Waals surface area contributed by atoms with Crippen molar-refractivity contribution in [3.8, 4) is 0 Å². The van der Waals surface area contributed by atoms with Crippen LogP contribution in [0, 0.1) is 5.41 Å². The van der Waals surface area contributed by atoms with E-state index in [9.17, 15) is 23.5 Å². The molecular weight excluding hydrogens is 422 g/mol. The maximum atomic E-state index is 13.2. The van der Waals surface area contributed by atoms with E-state index in [4.69, 9.17) is 10.1 Å². The Morgan fingerprint density at radius 3 is 2.72 bits per heavy atom. The quantitative estimate of drug-likeness (QED) is 0.387. The minimum absolute atomic E-state index is 0.000885. The summed E-state index contributed by atoms with van der Waals surface area (Å²) in [7, 11) is 1.49. The fourth-order valence-electron chi connectivity index (χ4n) is 3.49. The highest BCUT2D eigenvalue weighted by Gasteiger charge is 2.43. The molecule has 2 aliphatic rings. The third-order valence-corrected chi connectivity index (χ3v) is 5.32. The molecule has 1 aliphatic carbocycles. The van der Waals surface area contributed by atoms with E-state index >= 15 is 0 Å². The fourth-order valence-corrected chi connectivity index (χ4v) is 3.49. The van der Waals surface area contributed by atoms with Gasteiger partial charge in [-0.25, -0.2) is 8.78 Å². The van der Waals surface area contributed by atoms with Crippen molar-refractivity contribution < 1.29 is 28.2 Å². The number of carbonyl (C=O) groups excluding carboxylic acids is 2. The zero-order chi connectivity index (χ0) is 23.3. The summed E-state index contributed by atoms with van der Waals surface area (Å²) in [6.45, 7) is -0.365. The van der Waals surface area contributed by atoms with Crippen molar-refractivity contribution in [1.29, 1.82) is 5.41 Å². The summed E-state index contributed by atoms with van der Waals surface area (Å²) in [4.78, 5) is 25.0. The second-order valence-electron chi connectivity index (χ2n) is 7.32. The number of nitrogens with one attached hydrogen (secondary N) is 4. The number of alkyl halides is 2. The summed E-state index contributed by atoms with van der Waals surface area (Å²) in [5.41, 5.74) is -1.03. The summed E-state index contributed by atoms with van der Waals surface area (Å²) in [6, 6.07) is 6.03. The molecule has 0 spiro atoms. The monoisotopic (exact) mass is 446 g/mol. The van der Waals surface area contributed by atoms with Gasteiger partial charge in [-0.3, -0.25) is 9.59 Å². The SMILES string of the molecule is CN/C(C(=O)NC1(CO)CCNC1=O)=C1/C=C(OCc2ccccc2C(F)F)C=CC1=N. The van der Waals surface area contributed by atoms with Gasteiger partial charge in [-0.05, 0) is 30.2 Å². The number of rotatable bonds is 8. The molecule has 0 radical (unpaired) electrons. The number of hydrogen-bond acceptors (Lipinski definition) is 6. The van der Waals surface area contributed by atoms with Gasteiger partial charge in [-0.1, -0.05) is 24.3 Å². The molecule has 1 aliphatic heterocycles. The van der Waals surface area contributed by atoms with Gasteiger partial charge in [0.05, 0.1) is 12.3 Å². The van der Waals surface area contributed by atoms with Crippen molar-refractivity contribution >= 4 is 17.5 Å². The van der Waals surface area contributed by atoms with E-state index in [-0.39, 0.29) is 41.3 Å². The van der Waals surface area contributed by atoms with Crippen LogP contribution >= 0.6 is 0 Å². The molecule has 32 heavy (non-hydrogen) atoms. The molecule has 1 saturated heterocycles. The molecule has 0 saturated carbocycles. The predicted octanol–water partition coefficient (Wildman–Crippen LogP) is 1.45. The van der Waals surface area contributed by atoms with Gasteiger partial charge in [0.15, 0.2) is 0 Å². The Hall–Kier alpha value is -3.53. The Kier molecular flexibility index (Phi) is 7.04. The minimum atomic E-state index is -2.64. The van der Waals surface area contributed by atoms with Crippen LogP contribution in [0.3, 0.4) is 0 Å². The number of carbonyl (C=O) groups is 2. The molecule has 1 fully saturated rings.